The van der Waals surface area contributed by atoms with Gasteiger partial charge in [0.15, 0.2) is 6.61 Å². The van der Waals surface area contributed by atoms with E-state index in [1.165, 1.54) is 64.2 Å². The van der Waals surface area contributed by atoms with Crippen LogP contribution in [0.5, 0.6) is 0 Å². The number of ether oxygens (including phenoxy) is 2. The first-order valence-corrected chi connectivity index (χ1v) is 18.6. The number of ketones is 1. The number of rotatable bonds is 17. The zero-order valence-corrected chi connectivity index (χ0v) is 28.4. The van der Waals surface area contributed by atoms with Gasteiger partial charge >= 0.3 is 5.97 Å². The molecule has 6 rings (SSSR count). The van der Waals surface area contributed by atoms with Crippen molar-refractivity contribution in [1.29, 1.82) is 0 Å². The van der Waals surface area contributed by atoms with E-state index in [1.807, 2.05) is 26.8 Å². The maximum atomic E-state index is 17.6. The first kappa shape index (κ1) is 33.6. The molecule has 0 bridgehead atoms. The molecule has 5 aliphatic carbocycles. The first-order valence-electron chi connectivity index (χ1n) is 18.6. The number of Topliss-reactive ketones (excluding diaryl/α,β-unsaturated/α-hetero) is 1. The third kappa shape index (κ3) is 4.40. The van der Waals surface area contributed by atoms with Crippen molar-refractivity contribution in [1.82, 2.24) is 0 Å². The maximum Gasteiger partial charge on any atom is 0.306 e. The van der Waals surface area contributed by atoms with E-state index < -0.39 is 63.7 Å². The summed E-state index contributed by atoms with van der Waals surface area (Å²) in [7, 11) is 0. The highest BCUT2D eigenvalue weighted by molar-refractivity contribution is 5.91. The molecule has 1 saturated heterocycles. The number of hydrogen-bond donors (Lipinski definition) is 2. The van der Waals surface area contributed by atoms with E-state index in [0.717, 1.165) is 19.3 Å². The minimum absolute atomic E-state index is 0.196. The van der Waals surface area contributed by atoms with E-state index in [9.17, 15) is 19.8 Å². The molecular weight excluding hydrogens is 571 g/mol. The number of hydrogen-bond acceptors (Lipinski definition) is 6. The lowest BCUT2D eigenvalue weighted by atomic mass is 9.27. The van der Waals surface area contributed by atoms with Gasteiger partial charge in [0.05, 0.1) is 6.10 Å². The number of carbonyl (C=O) groups is 2. The number of aliphatic hydroxyl groups is 2. The molecule has 7 unspecified atom stereocenters. The van der Waals surface area contributed by atoms with E-state index >= 15 is 4.39 Å². The second kappa shape index (κ2) is 12.0. The average Bonchev–Trinajstić information content (AvgIpc) is 3.36. The van der Waals surface area contributed by atoms with Gasteiger partial charge in [0, 0.05) is 22.7 Å². The van der Waals surface area contributed by atoms with Crippen molar-refractivity contribution in [3.8, 4) is 0 Å². The van der Waals surface area contributed by atoms with Crippen molar-refractivity contribution in [3.63, 3.8) is 0 Å². The molecule has 7 heteroatoms. The summed E-state index contributed by atoms with van der Waals surface area (Å²) in [6, 6.07) is 0. The quantitative estimate of drug-likeness (QED) is 0.0979. The molecule has 0 radical (unpaired) electrons. The number of unbranched alkanes of at least 4 members (excludes halogenated alkanes) is 12. The van der Waals surface area contributed by atoms with Gasteiger partial charge in [-0.1, -0.05) is 117 Å². The summed E-state index contributed by atoms with van der Waals surface area (Å²) in [6.45, 7) is 7.55. The predicted molar refractivity (Wildman–Crippen MR) is 171 cm³/mol. The predicted octanol–water partition coefficient (Wildman–Crippen LogP) is 7.57. The Morgan fingerprint density at radius 2 is 1.51 bits per heavy atom. The highest BCUT2D eigenvalue weighted by Gasteiger charge is 2.94. The summed E-state index contributed by atoms with van der Waals surface area (Å²) >= 11 is 0. The molecule has 0 aromatic rings. The molecule has 45 heavy (non-hydrogen) atoms. The Morgan fingerprint density at radius 3 is 2.09 bits per heavy atom. The highest BCUT2D eigenvalue weighted by atomic mass is 19.1. The van der Waals surface area contributed by atoms with Crippen LogP contribution in [0.1, 0.15) is 143 Å². The Hall–Kier alpha value is -1.31. The lowest BCUT2D eigenvalue weighted by Gasteiger charge is -2.77. The number of halogens is 1. The SMILES string of the molecule is CCCCCCCCCCCCCCCC(=O)OCC(=O)[C@@]1(O)[C@H](C)CC2C3CCC45C=CC4(O)C4OC(CC21C)[C@]3(F)[C@]45C. The van der Waals surface area contributed by atoms with Gasteiger partial charge < -0.3 is 19.7 Å². The van der Waals surface area contributed by atoms with E-state index in [4.69, 9.17) is 9.47 Å². The second-order valence-corrected chi connectivity index (χ2v) is 16.5. The lowest BCUT2D eigenvalue weighted by molar-refractivity contribution is -0.334. The van der Waals surface area contributed by atoms with Crippen LogP contribution >= 0.6 is 0 Å². The van der Waals surface area contributed by atoms with Crippen LogP contribution in [0.25, 0.3) is 0 Å². The van der Waals surface area contributed by atoms with Crippen molar-refractivity contribution < 1.29 is 33.7 Å². The fourth-order valence-electron chi connectivity index (χ4n) is 12.0. The molecule has 0 amide bonds. The van der Waals surface area contributed by atoms with E-state index in [-0.39, 0.29) is 30.6 Å². The van der Waals surface area contributed by atoms with Crippen LogP contribution in [-0.4, -0.2) is 57.7 Å². The number of fused-ring (bicyclic) bond motifs is 3. The van der Waals surface area contributed by atoms with Crippen LogP contribution in [0, 0.1) is 34.0 Å². The van der Waals surface area contributed by atoms with Crippen LogP contribution in [0.15, 0.2) is 12.2 Å². The van der Waals surface area contributed by atoms with Gasteiger partial charge in [-0.2, -0.15) is 0 Å². The van der Waals surface area contributed by atoms with Crippen molar-refractivity contribution in [3.05, 3.63) is 12.2 Å². The summed E-state index contributed by atoms with van der Waals surface area (Å²) in [5.74, 6) is -1.82. The van der Waals surface area contributed by atoms with Crippen molar-refractivity contribution in [2.75, 3.05) is 6.61 Å². The molecule has 1 spiro atoms. The summed E-state index contributed by atoms with van der Waals surface area (Å²) in [4.78, 5) is 26.3. The normalized spacial score (nSPS) is 46.5. The van der Waals surface area contributed by atoms with Gasteiger partial charge in [0.25, 0.3) is 0 Å². The molecule has 5 fully saturated rings. The molecule has 6 nitrogen and oxygen atoms in total. The fraction of sp³-hybridized carbons (Fsp3) is 0.895. The molecule has 11 atom stereocenters. The molecule has 254 valence electrons. The Bertz CT molecular complexity index is 1170. The largest absolute Gasteiger partial charge is 0.458 e. The molecule has 1 aliphatic heterocycles. The molecule has 1 heterocycles. The minimum Gasteiger partial charge on any atom is -0.458 e. The zero-order chi connectivity index (χ0) is 32.3. The zero-order valence-electron chi connectivity index (χ0n) is 28.4. The van der Waals surface area contributed by atoms with Gasteiger partial charge in [-0.15, -0.1) is 0 Å². The summed E-state index contributed by atoms with van der Waals surface area (Å²) in [6.07, 6.45) is 20.7. The highest BCUT2D eigenvalue weighted by Crippen LogP contribution is 2.86. The third-order valence-corrected chi connectivity index (χ3v) is 14.5. The first-order chi connectivity index (χ1) is 21.4. The molecule has 2 N–H and O–H groups in total. The third-order valence-electron chi connectivity index (χ3n) is 14.5. The van der Waals surface area contributed by atoms with Crippen LogP contribution < -0.4 is 0 Å². The Morgan fingerprint density at radius 1 is 0.911 bits per heavy atom. The molecule has 4 saturated carbocycles. The van der Waals surface area contributed by atoms with Crippen LogP contribution in [-0.2, 0) is 19.1 Å². The average molecular weight is 631 g/mol. The molecular formula is C38H59FO6. The van der Waals surface area contributed by atoms with Crippen molar-refractivity contribution in [2.45, 2.75) is 172 Å². The van der Waals surface area contributed by atoms with Gasteiger partial charge in [-0.3, -0.25) is 9.59 Å². The van der Waals surface area contributed by atoms with Gasteiger partial charge in [0.2, 0.25) is 5.78 Å². The number of esters is 1. The fourth-order valence-corrected chi connectivity index (χ4v) is 12.0. The number of alkyl halides is 1. The summed E-state index contributed by atoms with van der Waals surface area (Å²) in [5, 5.41) is 23.6. The standard InChI is InChI=1S/C38H59FO6/c1-5-6-7-8-9-10-11-12-13-14-15-16-17-18-31(41)44-25-29(40)38(43)26(2)23-28-27-19-20-35-21-22-36(35,42)32-34(35,4)37(27,39)30(45-32)24-33(28,38)3/h21-22,26-28,30,32,42-43H,5-20,23-25H2,1-4H3/t26-,27?,28?,30?,32?,33?,34-,35?,36?,37+,38+/m1/s1. The van der Waals surface area contributed by atoms with Crippen LogP contribution in [0.4, 0.5) is 4.39 Å². The Kier molecular flexibility index (Phi) is 8.94. The van der Waals surface area contributed by atoms with Crippen molar-refractivity contribution in [2.24, 2.45) is 34.0 Å². The van der Waals surface area contributed by atoms with Crippen LogP contribution in [0.3, 0.4) is 0 Å². The van der Waals surface area contributed by atoms with Crippen molar-refractivity contribution >= 4 is 11.8 Å². The molecule has 6 aliphatic rings. The molecule has 0 aromatic carbocycles. The molecule has 0 aromatic heterocycles. The minimum atomic E-state index is -1.73. The van der Waals surface area contributed by atoms with Gasteiger partial charge in [-0.25, -0.2) is 4.39 Å². The lowest BCUT2D eigenvalue weighted by Crippen LogP contribution is -2.86. The second-order valence-electron chi connectivity index (χ2n) is 16.5. The monoisotopic (exact) mass is 630 g/mol. The summed E-state index contributed by atoms with van der Waals surface area (Å²) < 4.78 is 29.4. The topological polar surface area (TPSA) is 93.1 Å². The van der Waals surface area contributed by atoms with Gasteiger partial charge in [0.1, 0.15) is 23.0 Å². The maximum absolute atomic E-state index is 17.6. The summed E-state index contributed by atoms with van der Waals surface area (Å²) in [5.41, 5.74) is -6.78. The smallest absolute Gasteiger partial charge is 0.306 e. The number of carbonyl (C=O) groups excluding carboxylic acids is 2. The van der Waals surface area contributed by atoms with E-state index in [1.54, 1.807) is 6.08 Å². The van der Waals surface area contributed by atoms with E-state index in [2.05, 4.69) is 6.92 Å². The van der Waals surface area contributed by atoms with Gasteiger partial charge in [-0.05, 0) is 49.9 Å². The Balaban J connectivity index is 0.966. The van der Waals surface area contributed by atoms with Crippen LogP contribution in [0.2, 0.25) is 0 Å². The Labute approximate surface area is 270 Å². The van der Waals surface area contributed by atoms with E-state index in [0.29, 0.717) is 19.3 Å².